The number of aliphatic hydroxyl groups excluding tert-OH is 1. The van der Waals surface area contributed by atoms with Gasteiger partial charge in [0, 0.05) is 18.3 Å². The highest BCUT2D eigenvalue weighted by atomic mass is 35.5. The third-order valence-corrected chi connectivity index (χ3v) is 6.64. The summed E-state index contributed by atoms with van der Waals surface area (Å²) < 4.78 is 20.4. The molecule has 2 atom stereocenters. The summed E-state index contributed by atoms with van der Waals surface area (Å²) in [5.74, 6) is -0.224. The first-order valence-electron chi connectivity index (χ1n) is 11.1. The lowest BCUT2D eigenvalue weighted by molar-refractivity contribution is 0.0625. The number of anilines is 2. The molecule has 3 aromatic heterocycles. The standard InChI is InChI=1S/C23H25Cl2FN6O3S/c1-23(2,3)35-22(34)30-19-11(6-5-9-27-19)10-32(12-7-8-13(12)33)20-14-16(28-21(31-20)36-4)15(26)18(25)29-17(14)24/h5-6,9,12-13,33H,7-8,10H2,1-4H3,(H,27,30,34)/t12?,13-/m1/s1. The molecular formula is C23H25Cl2FN6O3S. The summed E-state index contributed by atoms with van der Waals surface area (Å²) >= 11 is 13.6. The molecule has 192 valence electrons. The second-order valence-electron chi connectivity index (χ2n) is 9.24. The van der Waals surface area contributed by atoms with Gasteiger partial charge in [-0.25, -0.2) is 29.1 Å². The monoisotopic (exact) mass is 554 g/mol. The number of amides is 1. The molecule has 3 aromatic rings. The van der Waals surface area contributed by atoms with Crippen molar-refractivity contribution in [2.75, 3.05) is 16.5 Å². The summed E-state index contributed by atoms with van der Waals surface area (Å²) in [4.78, 5) is 31.4. The first kappa shape index (κ1) is 26.6. The van der Waals surface area contributed by atoms with Gasteiger partial charge in [-0.3, -0.25) is 5.32 Å². The van der Waals surface area contributed by atoms with Gasteiger partial charge in [-0.15, -0.1) is 0 Å². The van der Waals surface area contributed by atoms with Crippen LogP contribution in [-0.2, 0) is 11.3 Å². The highest BCUT2D eigenvalue weighted by Crippen LogP contribution is 2.39. The van der Waals surface area contributed by atoms with Crippen molar-refractivity contribution in [3.8, 4) is 0 Å². The van der Waals surface area contributed by atoms with Crippen LogP contribution in [0.5, 0.6) is 0 Å². The fourth-order valence-electron chi connectivity index (χ4n) is 3.81. The van der Waals surface area contributed by atoms with E-state index in [0.29, 0.717) is 29.4 Å². The van der Waals surface area contributed by atoms with Gasteiger partial charge >= 0.3 is 6.09 Å². The number of carbonyl (C=O) groups excluding carboxylic acids is 1. The number of thioether (sulfide) groups is 1. The summed E-state index contributed by atoms with van der Waals surface area (Å²) in [7, 11) is 0. The Bertz CT molecular complexity index is 1310. The molecule has 4 rings (SSSR count). The van der Waals surface area contributed by atoms with Crippen LogP contribution >= 0.6 is 35.0 Å². The van der Waals surface area contributed by atoms with Crippen LogP contribution in [0.15, 0.2) is 23.5 Å². The molecule has 1 unspecified atom stereocenters. The van der Waals surface area contributed by atoms with Gasteiger partial charge in [0.15, 0.2) is 16.1 Å². The van der Waals surface area contributed by atoms with Crippen molar-refractivity contribution in [1.82, 2.24) is 19.9 Å². The van der Waals surface area contributed by atoms with Gasteiger partial charge in [-0.2, -0.15) is 0 Å². The molecule has 1 amide bonds. The topological polar surface area (TPSA) is 113 Å². The molecule has 9 nitrogen and oxygen atoms in total. The molecule has 0 saturated heterocycles. The molecule has 2 N–H and O–H groups in total. The number of aliphatic hydroxyl groups is 1. The van der Waals surface area contributed by atoms with E-state index in [0.717, 1.165) is 0 Å². The van der Waals surface area contributed by atoms with E-state index in [9.17, 15) is 14.3 Å². The third-order valence-electron chi connectivity index (χ3n) is 5.57. The molecule has 0 radical (unpaired) electrons. The molecule has 0 spiro atoms. The lowest BCUT2D eigenvalue weighted by Crippen LogP contribution is -2.51. The smallest absolute Gasteiger partial charge is 0.413 e. The fourth-order valence-corrected chi connectivity index (χ4v) is 4.64. The van der Waals surface area contributed by atoms with Gasteiger partial charge in [0.2, 0.25) is 0 Å². The Morgan fingerprint density at radius 3 is 2.64 bits per heavy atom. The molecule has 0 aromatic carbocycles. The molecule has 13 heteroatoms. The minimum Gasteiger partial charge on any atom is -0.444 e. The number of nitrogens with one attached hydrogen (secondary N) is 1. The van der Waals surface area contributed by atoms with Crippen molar-refractivity contribution >= 4 is 63.6 Å². The molecular weight excluding hydrogens is 530 g/mol. The van der Waals surface area contributed by atoms with E-state index < -0.39 is 28.8 Å². The van der Waals surface area contributed by atoms with Crippen LogP contribution in [0.4, 0.5) is 20.8 Å². The molecule has 1 aliphatic rings. The van der Waals surface area contributed by atoms with Crippen molar-refractivity contribution in [2.24, 2.45) is 0 Å². The van der Waals surface area contributed by atoms with Crippen molar-refractivity contribution in [2.45, 2.75) is 63.1 Å². The minimum absolute atomic E-state index is 0.0591. The fraction of sp³-hybridized carbons (Fsp3) is 0.435. The Kier molecular flexibility index (Phi) is 7.75. The Balaban J connectivity index is 1.81. The van der Waals surface area contributed by atoms with Gasteiger partial charge in [0.1, 0.15) is 27.9 Å². The Labute approximate surface area is 221 Å². The maximum Gasteiger partial charge on any atom is 0.413 e. The molecule has 3 heterocycles. The zero-order chi connectivity index (χ0) is 26.2. The molecule has 1 saturated carbocycles. The molecule has 0 bridgehead atoms. The Hall–Kier alpha value is -2.47. The first-order valence-corrected chi connectivity index (χ1v) is 13.1. The minimum atomic E-state index is -0.808. The van der Waals surface area contributed by atoms with Crippen molar-refractivity contribution in [3.63, 3.8) is 0 Å². The summed E-state index contributed by atoms with van der Waals surface area (Å²) in [6.45, 7) is 5.45. The van der Waals surface area contributed by atoms with Gasteiger partial charge < -0.3 is 14.7 Å². The van der Waals surface area contributed by atoms with E-state index in [4.69, 9.17) is 27.9 Å². The van der Waals surface area contributed by atoms with Crippen LogP contribution in [0.1, 0.15) is 39.2 Å². The van der Waals surface area contributed by atoms with Gasteiger partial charge in [0.25, 0.3) is 0 Å². The average molecular weight is 555 g/mol. The lowest BCUT2D eigenvalue weighted by Gasteiger charge is -2.43. The van der Waals surface area contributed by atoms with Crippen molar-refractivity contribution < 1.29 is 19.0 Å². The number of hydrogen-bond donors (Lipinski definition) is 2. The van der Waals surface area contributed by atoms with E-state index in [1.807, 2.05) is 4.90 Å². The van der Waals surface area contributed by atoms with Gasteiger partial charge in [-0.05, 0) is 45.9 Å². The number of nitrogens with zero attached hydrogens (tertiary/aromatic N) is 5. The normalized spacial score (nSPS) is 17.6. The maximum atomic E-state index is 15.0. The predicted octanol–water partition coefficient (Wildman–Crippen LogP) is 5.46. The van der Waals surface area contributed by atoms with Crippen LogP contribution in [0.2, 0.25) is 10.3 Å². The second kappa shape index (κ2) is 10.5. The van der Waals surface area contributed by atoms with E-state index in [1.165, 1.54) is 11.8 Å². The van der Waals surface area contributed by atoms with Gasteiger partial charge in [0.05, 0.1) is 17.5 Å². The van der Waals surface area contributed by atoms with Crippen molar-refractivity contribution in [3.05, 3.63) is 40.0 Å². The van der Waals surface area contributed by atoms with E-state index >= 15 is 0 Å². The summed E-state index contributed by atoms with van der Waals surface area (Å²) in [5, 5.41) is 13.3. The number of ether oxygens (including phenoxy) is 1. The van der Waals surface area contributed by atoms with E-state index in [1.54, 1.807) is 45.4 Å². The number of pyridine rings is 2. The number of carbonyl (C=O) groups is 1. The zero-order valence-electron chi connectivity index (χ0n) is 20.0. The average Bonchev–Trinajstić information content (AvgIpc) is 2.80. The lowest BCUT2D eigenvalue weighted by atomic mass is 9.87. The highest BCUT2D eigenvalue weighted by molar-refractivity contribution is 7.98. The Morgan fingerprint density at radius 1 is 1.28 bits per heavy atom. The van der Waals surface area contributed by atoms with Crippen LogP contribution in [0.25, 0.3) is 10.9 Å². The molecule has 1 aliphatic carbocycles. The highest BCUT2D eigenvalue weighted by Gasteiger charge is 2.37. The molecule has 1 fully saturated rings. The summed E-state index contributed by atoms with van der Waals surface area (Å²) in [6.07, 6.45) is 3.27. The quantitative estimate of drug-likeness (QED) is 0.232. The van der Waals surface area contributed by atoms with Crippen LogP contribution in [0, 0.1) is 5.82 Å². The zero-order valence-corrected chi connectivity index (χ0v) is 22.4. The maximum absolute atomic E-state index is 15.0. The van der Waals surface area contributed by atoms with Crippen LogP contribution in [0.3, 0.4) is 0 Å². The SMILES string of the molecule is CSc1nc(N(Cc2cccnc2NC(=O)OC(C)(C)C)C2CC[C@H]2O)c2c(Cl)nc(Cl)c(F)c2n1. The number of fused-ring (bicyclic) bond motifs is 1. The van der Waals surface area contributed by atoms with Crippen LogP contribution < -0.4 is 10.2 Å². The Morgan fingerprint density at radius 2 is 2.03 bits per heavy atom. The summed E-state index contributed by atoms with van der Waals surface area (Å²) in [5.41, 5.74) is -0.130. The largest absolute Gasteiger partial charge is 0.444 e. The predicted molar refractivity (Wildman–Crippen MR) is 138 cm³/mol. The number of hydrogen-bond acceptors (Lipinski definition) is 9. The third kappa shape index (κ3) is 5.59. The van der Waals surface area contributed by atoms with Crippen molar-refractivity contribution in [1.29, 1.82) is 0 Å². The van der Waals surface area contributed by atoms with Gasteiger partial charge in [-0.1, -0.05) is 41.0 Å². The number of halogens is 3. The first-order chi connectivity index (χ1) is 17.0. The number of rotatable bonds is 6. The summed E-state index contributed by atoms with van der Waals surface area (Å²) in [6, 6.07) is 3.17. The number of aromatic nitrogens is 4. The van der Waals surface area contributed by atoms with Crippen LogP contribution in [-0.4, -0.2) is 55.1 Å². The molecule has 0 aliphatic heterocycles. The van der Waals surface area contributed by atoms with E-state index in [-0.39, 0.29) is 34.5 Å². The second-order valence-corrected chi connectivity index (χ2v) is 10.7. The van der Waals surface area contributed by atoms with E-state index in [2.05, 4.69) is 25.3 Å². The molecule has 36 heavy (non-hydrogen) atoms.